The van der Waals surface area contributed by atoms with Crippen LogP contribution >= 0.6 is 11.8 Å². The van der Waals surface area contributed by atoms with E-state index in [2.05, 4.69) is 20.8 Å². The lowest BCUT2D eigenvalue weighted by Crippen LogP contribution is -2.28. The van der Waals surface area contributed by atoms with Gasteiger partial charge in [-0.3, -0.25) is 4.79 Å². The molecular weight excluding hydrogens is 452 g/mol. The highest BCUT2D eigenvalue weighted by Crippen LogP contribution is 2.33. The van der Waals surface area contributed by atoms with Gasteiger partial charge >= 0.3 is 0 Å². The highest BCUT2D eigenvalue weighted by atomic mass is 32.2. The summed E-state index contributed by atoms with van der Waals surface area (Å²) in [5.41, 5.74) is 0.409. The maximum Gasteiger partial charge on any atom is 0.246 e. The second kappa shape index (κ2) is 10.2. The summed E-state index contributed by atoms with van der Waals surface area (Å²) in [6.07, 6.45) is 6.11. The third-order valence-electron chi connectivity index (χ3n) is 5.68. The average Bonchev–Trinajstić information content (AvgIpc) is 3.55. The summed E-state index contributed by atoms with van der Waals surface area (Å²) in [5.74, 6) is 0.154. The van der Waals surface area contributed by atoms with Crippen LogP contribution in [0.4, 0.5) is 5.69 Å². The number of thioether (sulfide) groups is 1. The molecule has 1 N–H and O–H groups in total. The smallest absolute Gasteiger partial charge is 0.246 e. The molecule has 1 aliphatic heterocycles. The highest BCUT2D eigenvalue weighted by Gasteiger charge is 2.30. The Hall–Kier alpha value is -2.18. The van der Waals surface area contributed by atoms with Crippen molar-refractivity contribution in [1.29, 1.82) is 0 Å². The molecule has 10 nitrogen and oxygen atoms in total. The summed E-state index contributed by atoms with van der Waals surface area (Å²) in [5, 5.41) is 15.3. The van der Waals surface area contributed by atoms with Crippen LogP contribution < -0.4 is 10.1 Å². The zero-order valence-corrected chi connectivity index (χ0v) is 19.7. The molecule has 2 aliphatic rings. The van der Waals surface area contributed by atoms with Gasteiger partial charge in [0, 0.05) is 18.8 Å². The van der Waals surface area contributed by atoms with E-state index in [4.69, 9.17) is 4.74 Å². The predicted molar refractivity (Wildman–Crippen MR) is 120 cm³/mol. The molecule has 0 atom stereocenters. The summed E-state index contributed by atoms with van der Waals surface area (Å²) < 4.78 is 35.1. The molecule has 1 saturated carbocycles. The maximum absolute atomic E-state index is 13.1. The number of hydrogen-bond donors (Lipinski definition) is 1. The van der Waals surface area contributed by atoms with Gasteiger partial charge in [-0.2, -0.15) is 4.31 Å². The summed E-state index contributed by atoms with van der Waals surface area (Å²) in [7, 11) is -3.69. The van der Waals surface area contributed by atoms with E-state index in [1.165, 1.54) is 22.1 Å². The molecular formula is C20H28N6O4S2. The molecule has 0 bridgehead atoms. The van der Waals surface area contributed by atoms with Crippen molar-refractivity contribution in [3.05, 3.63) is 18.2 Å². The van der Waals surface area contributed by atoms with Gasteiger partial charge in [0.2, 0.25) is 21.1 Å². The van der Waals surface area contributed by atoms with Crippen LogP contribution in [0.2, 0.25) is 0 Å². The normalized spacial score (nSPS) is 17.7. The molecule has 2 heterocycles. The Balaban J connectivity index is 1.45. The Bertz CT molecular complexity index is 1050. The van der Waals surface area contributed by atoms with Crippen LogP contribution in [-0.4, -0.2) is 64.3 Å². The van der Waals surface area contributed by atoms with Crippen molar-refractivity contribution in [2.45, 2.75) is 61.5 Å². The number of tetrazole rings is 1. The van der Waals surface area contributed by atoms with Gasteiger partial charge in [0.1, 0.15) is 10.6 Å². The second-order valence-corrected chi connectivity index (χ2v) is 10.7. The number of amides is 1. The van der Waals surface area contributed by atoms with Gasteiger partial charge in [0.15, 0.2) is 0 Å². The Morgan fingerprint density at radius 2 is 1.97 bits per heavy atom. The van der Waals surface area contributed by atoms with Gasteiger partial charge in [-0.1, -0.05) is 24.6 Å². The predicted octanol–water partition coefficient (Wildman–Crippen LogP) is 2.70. The molecule has 0 unspecified atom stereocenters. The fourth-order valence-corrected chi connectivity index (χ4v) is 6.53. The lowest BCUT2D eigenvalue weighted by molar-refractivity contribution is -0.113. The van der Waals surface area contributed by atoms with Crippen LogP contribution in [0, 0.1) is 0 Å². The van der Waals surface area contributed by atoms with Crippen molar-refractivity contribution in [1.82, 2.24) is 24.5 Å². The number of anilines is 1. The largest absolute Gasteiger partial charge is 0.492 e. The number of aromatic nitrogens is 4. The van der Waals surface area contributed by atoms with Crippen molar-refractivity contribution < 1.29 is 17.9 Å². The molecule has 1 amide bonds. The SMILES string of the molecule is CCOc1ccc(NC(=O)CSc2nnnn2C2CCCC2)cc1S(=O)(=O)N1CCCC1. The molecule has 4 rings (SSSR count). The summed E-state index contributed by atoms with van der Waals surface area (Å²) >= 11 is 1.27. The van der Waals surface area contributed by atoms with Crippen LogP contribution in [-0.2, 0) is 14.8 Å². The number of sulfonamides is 1. The van der Waals surface area contributed by atoms with E-state index in [-0.39, 0.29) is 16.6 Å². The second-order valence-electron chi connectivity index (χ2n) is 7.89. The zero-order valence-electron chi connectivity index (χ0n) is 18.1. The molecule has 1 aromatic heterocycles. The number of carbonyl (C=O) groups is 1. The molecule has 1 aromatic carbocycles. The maximum atomic E-state index is 13.1. The standard InChI is InChI=1S/C20H28N6O4S2/c1-2-30-17-10-9-15(13-18(17)32(28,29)25-11-5-6-12-25)21-19(27)14-31-20-22-23-24-26(20)16-7-3-4-8-16/h9-10,13,16H,2-8,11-12,14H2,1H3,(H,21,27). The third-order valence-corrected chi connectivity index (χ3v) is 8.53. The van der Waals surface area contributed by atoms with E-state index < -0.39 is 10.0 Å². The first-order valence-corrected chi connectivity index (χ1v) is 13.4. The number of rotatable bonds is 9. The number of nitrogens with zero attached hydrogens (tertiary/aromatic N) is 5. The molecule has 32 heavy (non-hydrogen) atoms. The van der Waals surface area contributed by atoms with Crippen LogP contribution in [0.1, 0.15) is 51.5 Å². The van der Waals surface area contributed by atoms with Gasteiger partial charge < -0.3 is 10.1 Å². The molecule has 174 valence electrons. The van der Waals surface area contributed by atoms with E-state index in [0.717, 1.165) is 38.5 Å². The lowest BCUT2D eigenvalue weighted by atomic mass is 10.3. The van der Waals surface area contributed by atoms with Crippen LogP contribution in [0.3, 0.4) is 0 Å². The van der Waals surface area contributed by atoms with E-state index in [9.17, 15) is 13.2 Å². The highest BCUT2D eigenvalue weighted by molar-refractivity contribution is 7.99. The Kier molecular flexibility index (Phi) is 7.31. The van der Waals surface area contributed by atoms with Gasteiger partial charge in [-0.05, 0) is 61.2 Å². The van der Waals surface area contributed by atoms with Crippen molar-refractivity contribution in [2.75, 3.05) is 30.8 Å². The topological polar surface area (TPSA) is 119 Å². The number of nitrogens with one attached hydrogen (secondary N) is 1. The number of benzene rings is 1. The van der Waals surface area contributed by atoms with Crippen molar-refractivity contribution in [2.24, 2.45) is 0 Å². The van der Waals surface area contributed by atoms with E-state index in [1.54, 1.807) is 19.1 Å². The minimum Gasteiger partial charge on any atom is -0.492 e. The zero-order chi connectivity index (χ0) is 22.6. The minimum atomic E-state index is -3.69. The van der Waals surface area contributed by atoms with E-state index in [1.807, 2.05) is 4.68 Å². The molecule has 0 radical (unpaired) electrons. The summed E-state index contributed by atoms with van der Waals surface area (Å²) in [6.45, 7) is 3.15. The monoisotopic (exact) mass is 480 g/mol. The van der Waals surface area contributed by atoms with Gasteiger partial charge in [-0.15, -0.1) is 5.10 Å². The fourth-order valence-electron chi connectivity index (χ4n) is 4.12. The quantitative estimate of drug-likeness (QED) is 0.544. The molecule has 1 aliphatic carbocycles. The number of hydrogen-bond acceptors (Lipinski definition) is 8. The van der Waals surface area contributed by atoms with Crippen molar-refractivity contribution in [3.63, 3.8) is 0 Å². The molecule has 1 saturated heterocycles. The Morgan fingerprint density at radius 3 is 2.69 bits per heavy atom. The first-order chi connectivity index (χ1) is 15.5. The van der Waals surface area contributed by atoms with E-state index in [0.29, 0.717) is 42.3 Å². The van der Waals surface area contributed by atoms with Crippen LogP contribution in [0.15, 0.2) is 28.3 Å². The molecule has 0 spiro atoms. The first kappa shape index (κ1) is 23.0. The van der Waals surface area contributed by atoms with Gasteiger partial charge in [-0.25, -0.2) is 13.1 Å². The average molecular weight is 481 g/mol. The fraction of sp³-hybridized carbons (Fsp3) is 0.600. The number of ether oxygens (including phenoxy) is 1. The summed E-state index contributed by atoms with van der Waals surface area (Å²) in [6, 6.07) is 5.01. The van der Waals surface area contributed by atoms with Crippen LogP contribution in [0.25, 0.3) is 0 Å². The Labute approximate surface area is 192 Å². The van der Waals surface area contributed by atoms with Gasteiger partial charge in [0.25, 0.3) is 0 Å². The third kappa shape index (κ3) is 5.07. The van der Waals surface area contributed by atoms with E-state index >= 15 is 0 Å². The lowest BCUT2D eigenvalue weighted by Gasteiger charge is -2.19. The number of carbonyl (C=O) groups excluding carboxylic acids is 1. The minimum absolute atomic E-state index is 0.0804. The van der Waals surface area contributed by atoms with Crippen molar-refractivity contribution in [3.8, 4) is 5.75 Å². The van der Waals surface area contributed by atoms with Gasteiger partial charge in [0.05, 0.1) is 18.4 Å². The summed E-state index contributed by atoms with van der Waals surface area (Å²) in [4.78, 5) is 12.6. The molecule has 2 aromatic rings. The first-order valence-electron chi connectivity index (χ1n) is 11.0. The molecule has 12 heteroatoms. The molecule has 2 fully saturated rings. The van der Waals surface area contributed by atoms with Crippen molar-refractivity contribution >= 4 is 33.4 Å². The Morgan fingerprint density at radius 1 is 1.22 bits per heavy atom. The van der Waals surface area contributed by atoms with Crippen LogP contribution in [0.5, 0.6) is 5.75 Å².